The Morgan fingerprint density at radius 3 is 3.06 bits per heavy atom. The Bertz CT molecular complexity index is 344. The predicted octanol–water partition coefficient (Wildman–Crippen LogP) is 2.10. The zero-order valence-electron chi connectivity index (χ0n) is 9.57. The summed E-state index contributed by atoms with van der Waals surface area (Å²) in [6.07, 6.45) is 0.235. The number of hydrogen-bond acceptors (Lipinski definition) is 4. The van der Waals surface area contributed by atoms with E-state index in [1.807, 2.05) is 7.05 Å². The number of likely N-dealkylation sites (N-methyl/N-ethyl adjacent to an activating group) is 2. The minimum atomic E-state index is 0.235. The number of morpholine rings is 1. The summed E-state index contributed by atoms with van der Waals surface area (Å²) in [5.41, 5.74) is 0. The average molecular weight is 305 g/mol. The minimum absolute atomic E-state index is 0.235. The third-order valence-corrected chi connectivity index (χ3v) is 4.86. The van der Waals surface area contributed by atoms with Gasteiger partial charge < -0.3 is 15.0 Å². The molecule has 2 heterocycles. The van der Waals surface area contributed by atoms with Crippen LogP contribution in [0.25, 0.3) is 0 Å². The van der Waals surface area contributed by atoms with Crippen molar-refractivity contribution in [3.8, 4) is 0 Å². The molecule has 1 saturated heterocycles. The van der Waals surface area contributed by atoms with Crippen LogP contribution in [0.2, 0.25) is 0 Å². The first kappa shape index (κ1) is 12.5. The van der Waals surface area contributed by atoms with Gasteiger partial charge in [0.1, 0.15) is 0 Å². The summed E-state index contributed by atoms with van der Waals surface area (Å²) in [5, 5.41) is 5.47. The van der Waals surface area contributed by atoms with Crippen LogP contribution in [0.4, 0.5) is 0 Å². The lowest BCUT2D eigenvalue weighted by Crippen LogP contribution is -2.45. The quantitative estimate of drug-likeness (QED) is 0.925. The smallest absolute Gasteiger partial charge is 0.0905 e. The van der Waals surface area contributed by atoms with Crippen LogP contribution in [0.1, 0.15) is 10.9 Å². The van der Waals surface area contributed by atoms with Gasteiger partial charge in [-0.1, -0.05) is 0 Å². The van der Waals surface area contributed by atoms with Crippen molar-refractivity contribution in [2.75, 3.05) is 33.8 Å². The average Bonchev–Trinajstić information content (AvgIpc) is 2.67. The number of nitrogens with one attached hydrogen (secondary N) is 1. The molecule has 1 N–H and O–H groups in total. The third kappa shape index (κ3) is 2.65. The third-order valence-electron chi connectivity index (χ3n) is 2.91. The molecule has 0 aliphatic carbocycles. The van der Waals surface area contributed by atoms with Gasteiger partial charge in [0.15, 0.2) is 0 Å². The summed E-state index contributed by atoms with van der Waals surface area (Å²) >= 11 is 5.36. The van der Waals surface area contributed by atoms with Gasteiger partial charge in [0.2, 0.25) is 0 Å². The Hall–Kier alpha value is 0.0600. The molecule has 1 fully saturated rings. The van der Waals surface area contributed by atoms with Crippen molar-refractivity contribution in [2.45, 2.75) is 12.1 Å². The molecule has 2 unspecified atom stereocenters. The van der Waals surface area contributed by atoms with Crippen LogP contribution >= 0.6 is 27.3 Å². The van der Waals surface area contributed by atoms with Crippen LogP contribution in [0.3, 0.4) is 0 Å². The highest BCUT2D eigenvalue weighted by Crippen LogP contribution is 2.32. The molecule has 0 amide bonds. The van der Waals surface area contributed by atoms with Gasteiger partial charge in [0.25, 0.3) is 0 Å². The molecule has 1 aromatic heterocycles. The highest BCUT2D eigenvalue weighted by Gasteiger charge is 2.28. The van der Waals surface area contributed by atoms with E-state index < -0.39 is 0 Å². The molecule has 2 rings (SSSR count). The van der Waals surface area contributed by atoms with Crippen molar-refractivity contribution in [1.82, 2.24) is 10.2 Å². The van der Waals surface area contributed by atoms with Crippen molar-refractivity contribution in [1.29, 1.82) is 0 Å². The molecular formula is C11H17BrN2OS. The zero-order valence-corrected chi connectivity index (χ0v) is 12.0. The molecule has 1 aliphatic rings. The largest absolute Gasteiger partial charge is 0.374 e. The van der Waals surface area contributed by atoms with Crippen LogP contribution in [0.15, 0.2) is 15.9 Å². The molecule has 1 aromatic rings. The standard InChI is InChI=1S/C11H17BrN2OS/c1-13-10(11-8(12)3-6-16-11)9-7-14(2)4-5-15-9/h3,6,9-10,13H,4-5,7H2,1-2H3. The molecule has 90 valence electrons. The summed E-state index contributed by atoms with van der Waals surface area (Å²) in [6, 6.07) is 2.37. The van der Waals surface area contributed by atoms with Gasteiger partial charge in [-0.05, 0) is 41.5 Å². The Kier molecular flexibility index (Phi) is 4.38. The number of rotatable bonds is 3. The maximum Gasteiger partial charge on any atom is 0.0905 e. The van der Waals surface area contributed by atoms with E-state index in [-0.39, 0.29) is 12.1 Å². The van der Waals surface area contributed by atoms with E-state index in [1.54, 1.807) is 11.3 Å². The van der Waals surface area contributed by atoms with Crippen LogP contribution in [-0.2, 0) is 4.74 Å². The molecule has 3 nitrogen and oxygen atoms in total. The lowest BCUT2D eigenvalue weighted by molar-refractivity contribution is -0.0375. The van der Waals surface area contributed by atoms with Gasteiger partial charge in [-0.15, -0.1) is 11.3 Å². The molecule has 0 aromatic carbocycles. The first-order valence-electron chi connectivity index (χ1n) is 5.42. The highest BCUT2D eigenvalue weighted by atomic mass is 79.9. The molecular weight excluding hydrogens is 288 g/mol. The van der Waals surface area contributed by atoms with Crippen molar-refractivity contribution in [3.05, 3.63) is 20.8 Å². The predicted molar refractivity (Wildman–Crippen MR) is 71.1 cm³/mol. The summed E-state index contributed by atoms with van der Waals surface area (Å²) in [5.74, 6) is 0. The van der Waals surface area contributed by atoms with Gasteiger partial charge >= 0.3 is 0 Å². The summed E-state index contributed by atoms with van der Waals surface area (Å²) < 4.78 is 7.04. The van der Waals surface area contributed by atoms with Crippen LogP contribution < -0.4 is 5.32 Å². The van der Waals surface area contributed by atoms with Gasteiger partial charge in [0.05, 0.1) is 18.8 Å². The highest BCUT2D eigenvalue weighted by molar-refractivity contribution is 9.10. The Balaban J connectivity index is 2.13. The Morgan fingerprint density at radius 2 is 2.50 bits per heavy atom. The number of ether oxygens (including phenoxy) is 1. The van der Waals surface area contributed by atoms with E-state index in [4.69, 9.17) is 4.74 Å². The summed E-state index contributed by atoms with van der Waals surface area (Å²) in [6.45, 7) is 2.83. The van der Waals surface area contributed by atoms with Crippen molar-refractivity contribution in [3.63, 3.8) is 0 Å². The van der Waals surface area contributed by atoms with E-state index in [0.29, 0.717) is 0 Å². The second kappa shape index (κ2) is 5.60. The second-order valence-electron chi connectivity index (χ2n) is 4.07. The van der Waals surface area contributed by atoms with E-state index >= 15 is 0 Å². The van der Waals surface area contributed by atoms with Crippen LogP contribution in [-0.4, -0.2) is 44.8 Å². The number of nitrogens with zero attached hydrogens (tertiary/aromatic N) is 1. The SMILES string of the molecule is CNC(c1sccc1Br)C1CN(C)CCO1. The molecule has 16 heavy (non-hydrogen) atoms. The molecule has 0 radical (unpaired) electrons. The van der Waals surface area contributed by atoms with Crippen molar-refractivity contribution >= 4 is 27.3 Å². The molecule has 0 bridgehead atoms. The number of thiophene rings is 1. The normalized spacial score (nSPS) is 24.6. The molecule has 5 heteroatoms. The first-order valence-corrected chi connectivity index (χ1v) is 7.10. The van der Waals surface area contributed by atoms with E-state index in [1.165, 1.54) is 9.35 Å². The van der Waals surface area contributed by atoms with E-state index in [2.05, 4.69) is 44.6 Å². The van der Waals surface area contributed by atoms with Gasteiger partial charge in [-0.2, -0.15) is 0 Å². The number of halogens is 1. The summed E-state index contributed by atoms with van der Waals surface area (Å²) in [4.78, 5) is 3.64. The van der Waals surface area contributed by atoms with Gasteiger partial charge in [0, 0.05) is 22.4 Å². The fourth-order valence-corrected chi connectivity index (χ4v) is 3.81. The number of hydrogen-bond donors (Lipinski definition) is 1. The lowest BCUT2D eigenvalue weighted by atomic mass is 10.1. The zero-order chi connectivity index (χ0) is 11.5. The maximum atomic E-state index is 5.86. The van der Waals surface area contributed by atoms with E-state index in [9.17, 15) is 0 Å². The fraction of sp³-hybridized carbons (Fsp3) is 0.636. The minimum Gasteiger partial charge on any atom is -0.374 e. The first-order chi connectivity index (χ1) is 7.72. The van der Waals surface area contributed by atoms with Crippen molar-refractivity contribution < 1.29 is 4.74 Å². The van der Waals surface area contributed by atoms with Gasteiger partial charge in [-0.3, -0.25) is 0 Å². The molecule has 1 aliphatic heterocycles. The van der Waals surface area contributed by atoms with Crippen LogP contribution in [0.5, 0.6) is 0 Å². The second-order valence-corrected chi connectivity index (χ2v) is 5.87. The summed E-state index contributed by atoms with van der Waals surface area (Å²) in [7, 11) is 4.14. The topological polar surface area (TPSA) is 24.5 Å². The van der Waals surface area contributed by atoms with Gasteiger partial charge in [-0.25, -0.2) is 0 Å². The Labute approximate surface area is 109 Å². The van der Waals surface area contributed by atoms with Crippen molar-refractivity contribution in [2.24, 2.45) is 0 Å². The maximum absolute atomic E-state index is 5.86. The van der Waals surface area contributed by atoms with Crippen LogP contribution in [0, 0.1) is 0 Å². The molecule has 0 spiro atoms. The Morgan fingerprint density at radius 1 is 1.69 bits per heavy atom. The molecule has 0 saturated carbocycles. The van der Waals surface area contributed by atoms with E-state index in [0.717, 1.165) is 19.7 Å². The fourth-order valence-electron chi connectivity index (χ4n) is 2.03. The molecule has 2 atom stereocenters. The monoisotopic (exact) mass is 304 g/mol. The lowest BCUT2D eigenvalue weighted by Gasteiger charge is -2.34.